The molecule has 0 spiro atoms. The van der Waals surface area contributed by atoms with E-state index in [1.54, 1.807) is 0 Å². The first-order chi connectivity index (χ1) is 27.5. The van der Waals surface area contributed by atoms with Crippen molar-refractivity contribution in [3.8, 4) is 5.75 Å². The molecule has 0 radical (unpaired) electrons. The molecular formula is C44H50N5NaO7S2. The summed E-state index contributed by atoms with van der Waals surface area (Å²) in [4.78, 5) is 2.24. The van der Waals surface area contributed by atoms with E-state index in [-0.39, 0.29) is 64.7 Å². The van der Waals surface area contributed by atoms with E-state index in [1.165, 1.54) is 11.1 Å². The number of aromatic amines is 1. The van der Waals surface area contributed by atoms with Crippen molar-refractivity contribution in [2.24, 2.45) is 0 Å². The average molecular weight is 848 g/mol. The molecule has 1 aromatic heterocycles. The fourth-order valence-electron chi connectivity index (χ4n) is 8.57. The molecule has 0 saturated heterocycles. The second-order valence-corrected chi connectivity index (χ2v) is 19.3. The summed E-state index contributed by atoms with van der Waals surface area (Å²) in [5, 5.41) is 11.2. The second kappa shape index (κ2) is 18.0. The third-order valence-corrected chi connectivity index (χ3v) is 13.1. The number of aromatic nitrogens is 3. The van der Waals surface area contributed by atoms with Crippen LogP contribution in [0, 0.1) is 0 Å². The second-order valence-electron chi connectivity index (χ2n) is 16.3. The Kier molecular flexibility index (Phi) is 13.6. The van der Waals surface area contributed by atoms with Gasteiger partial charge in [0.1, 0.15) is 29.1 Å². The predicted octanol–water partition coefficient (Wildman–Crippen LogP) is 4.67. The van der Waals surface area contributed by atoms with Crippen molar-refractivity contribution in [3.05, 3.63) is 125 Å². The zero-order chi connectivity index (χ0) is 41.3. The maximum absolute atomic E-state index is 11.4. The number of H-pyrrole nitrogens is 1. The summed E-state index contributed by atoms with van der Waals surface area (Å²) in [6, 6.07) is 22.1. The number of hydrogen-bond donors (Lipinski definition) is 1. The van der Waals surface area contributed by atoms with Crippen molar-refractivity contribution in [1.29, 1.82) is 0 Å². The molecule has 0 bridgehead atoms. The largest absolute Gasteiger partial charge is 1.00 e. The molecule has 0 fully saturated rings. The predicted molar refractivity (Wildman–Crippen MR) is 224 cm³/mol. The fraction of sp³-hybridized carbons (Fsp3) is 0.386. The molecular weight excluding hydrogens is 798 g/mol. The van der Waals surface area contributed by atoms with Gasteiger partial charge in [-0.15, -0.1) is 0 Å². The third-order valence-electron chi connectivity index (χ3n) is 11.5. The number of para-hydroxylation sites is 2. The molecule has 0 amide bonds. The molecule has 3 aromatic carbocycles. The van der Waals surface area contributed by atoms with Gasteiger partial charge in [-0.25, -0.2) is 16.8 Å². The Morgan fingerprint density at radius 2 is 1.47 bits per heavy atom. The Labute approximate surface area is 369 Å². The summed E-state index contributed by atoms with van der Waals surface area (Å²) in [6.07, 6.45) is 12.7. The van der Waals surface area contributed by atoms with Crippen molar-refractivity contribution in [2.75, 3.05) is 29.5 Å². The average Bonchev–Trinajstić information content (AvgIpc) is 3.79. The zero-order valence-corrected chi connectivity index (χ0v) is 38.0. The monoisotopic (exact) mass is 847 g/mol. The molecule has 3 aliphatic rings. The maximum Gasteiger partial charge on any atom is 1.00 e. The number of fused-ring (bicyclic) bond motifs is 3. The summed E-state index contributed by atoms with van der Waals surface area (Å²) < 4.78 is 77.3. The first-order valence-electron chi connectivity index (χ1n) is 19.8. The summed E-state index contributed by atoms with van der Waals surface area (Å²) in [7, 11) is -8.59. The van der Waals surface area contributed by atoms with Crippen LogP contribution in [0.5, 0.6) is 5.75 Å². The SMILES string of the molecule is CC1(C)C(/C=C/C2=C(Oc3ccc4n[nH]nc4c3)C(=C/C=C3/N(CCCCS(=O)(=O)[O-])c4ccccc4C3(C)C)/CCC2)=[N+](CCCCS(=O)(=O)[O-])c2ccccc21.[Na+]. The Bertz CT molecular complexity index is 2610. The van der Waals surface area contributed by atoms with E-state index >= 15 is 0 Å². The molecule has 1 aliphatic carbocycles. The smallest absolute Gasteiger partial charge is 0.748 e. The van der Waals surface area contributed by atoms with Crippen LogP contribution in [0.1, 0.15) is 83.8 Å². The van der Waals surface area contributed by atoms with Crippen LogP contribution in [-0.2, 0) is 31.1 Å². The Morgan fingerprint density at radius 3 is 2.22 bits per heavy atom. The Morgan fingerprint density at radius 1 is 0.797 bits per heavy atom. The molecule has 7 rings (SSSR count). The number of nitrogens with one attached hydrogen (secondary N) is 1. The normalized spacial score (nSPS) is 18.9. The number of anilines is 1. The first kappa shape index (κ1) is 44.7. The van der Waals surface area contributed by atoms with Gasteiger partial charge in [0.25, 0.3) is 0 Å². The quantitative estimate of drug-likeness (QED) is 0.0768. The number of unbranched alkanes of at least 4 members (excludes halogenated alkanes) is 2. The summed E-state index contributed by atoms with van der Waals surface area (Å²) >= 11 is 0. The van der Waals surface area contributed by atoms with Crippen LogP contribution < -0.4 is 39.2 Å². The maximum atomic E-state index is 11.4. The summed E-state index contributed by atoms with van der Waals surface area (Å²) in [5.74, 6) is 0.609. The molecule has 0 saturated carbocycles. The summed E-state index contributed by atoms with van der Waals surface area (Å²) in [5.41, 5.74) is 9.39. The van der Waals surface area contributed by atoms with Gasteiger partial charge in [0.2, 0.25) is 5.69 Å². The van der Waals surface area contributed by atoms with Gasteiger partial charge in [-0.3, -0.25) is 0 Å². The fourth-order valence-corrected chi connectivity index (χ4v) is 9.69. The number of rotatable bonds is 15. The van der Waals surface area contributed by atoms with Crippen LogP contribution in [0.4, 0.5) is 11.4 Å². The standard InChI is InChI=1S/C44H51N5O7S2.Na/c1-43(2)34-16-5-7-18-38(34)48(26-9-11-28-57(50,51)52)40(43)24-20-31-14-13-15-32(42(31)56-33-22-23-36-37(30-33)46-47-45-36)21-25-41-44(3,4)35-17-6-8-19-39(35)49(41)27-10-12-29-58(53,54)55;/h5-8,16-25,30H,9-15,26-29H2,1-4H3,(H2-,45,46,47,50,51,52,53,54,55);/q;+1/p-1. The van der Waals surface area contributed by atoms with Crippen molar-refractivity contribution < 1.29 is 64.8 Å². The number of benzene rings is 3. The van der Waals surface area contributed by atoms with Gasteiger partial charge in [0, 0.05) is 65.0 Å². The van der Waals surface area contributed by atoms with E-state index in [9.17, 15) is 25.9 Å². The first-order valence-corrected chi connectivity index (χ1v) is 23.0. The number of ether oxygens (including phenoxy) is 1. The molecule has 306 valence electrons. The molecule has 59 heavy (non-hydrogen) atoms. The van der Waals surface area contributed by atoms with Gasteiger partial charge >= 0.3 is 29.6 Å². The minimum Gasteiger partial charge on any atom is -0.748 e. The number of nitrogens with zero attached hydrogens (tertiary/aromatic N) is 4. The van der Waals surface area contributed by atoms with Crippen LogP contribution in [0.2, 0.25) is 0 Å². The molecule has 0 atom stereocenters. The van der Waals surface area contributed by atoms with Crippen molar-refractivity contribution in [2.45, 2.75) is 83.5 Å². The van der Waals surface area contributed by atoms with Gasteiger partial charge in [-0.2, -0.15) is 20.0 Å². The molecule has 4 aromatic rings. The minimum absolute atomic E-state index is 0. The van der Waals surface area contributed by atoms with E-state index in [2.05, 4.69) is 101 Å². The van der Waals surface area contributed by atoms with E-state index in [0.717, 1.165) is 64.5 Å². The Hall–Kier alpha value is -3.89. The van der Waals surface area contributed by atoms with Gasteiger partial charge in [-0.05, 0) is 99.4 Å². The topological polar surface area (TPSA) is 171 Å². The molecule has 12 nitrogen and oxygen atoms in total. The van der Waals surface area contributed by atoms with Crippen LogP contribution in [-0.4, -0.2) is 76.2 Å². The molecule has 0 unspecified atom stereocenters. The molecule has 15 heteroatoms. The van der Waals surface area contributed by atoms with Gasteiger partial charge in [0.15, 0.2) is 5.71 Å². The van der Waals surface area contributed by atoms with E-state index in [4.69, 9.17) is 4.74 Å². The number of hydrogen-bond acceptors (Lipinski definition) is 10. The minimum atomic E-state index is -4.29. The van der Waals surface area contributed by atoms with Gasteiger partial charge < -0.3 is 18.7 Å². The van der Waals surface area contributed by atoms with Crippen LogP contribution in [0.3, 0.4) is 0 Å². The molecule has 2 aliphatic heterocycles. The van der Waals surface area contributed by atoms with Gasteiger partial charge in [-0.1, -0.05) is 56.3 Å². The summed E-state index contributed by atoms with van der Waals surface area (Å²) in [6.45, 7) is 9.90. The van der Waals surface area contributed by atoms with Crippen molar-refractivity contribution in [1.82, 2.24) is 15.4 Å². The molecule has 1 N–H and O–H groups in total. The molecule has 3 heterocycles. The van der Waals surface area contributed by atoms with E-state index in [0.29, 0.717) is 37.2 Å². The van der Waals surface area contributed by atoms with E-state index in [1.807, 2.05) is 42.5 Å². The van der Waals surface area contributed by atoms with Crippen LogP contribution in [0.25, 0.3) is 11.0 Å². The van der Waals surface area contributed by atoms with Crippen LogP contribution in [0.15, 0.2) is 114 Å². The number of allylic oxidation sites excluding steroid dienone is 7. The zero-order valence-electron chi connectivity index (χ0n) is 34.4. The van der Waals surface area contributed by atoms with Gasteiger partial charge in [0.05, 0.1) is 25.7 Å². The van der Waals surface area contributed by atoms with Crippen LogP contribution >= 0.6 is 0 Å². The third kappa shape index (κ3) is 10.0. The van der Waals surface area contributed by atoms with Crippen molar-refractivity contribution in [3.63, 3.8) is 0 Å². The van der Waals surface area contributed by atoms with Crippen molar-refractivity contribution >= 4 is 48.4 Å². The Balaban J connectivity index is 0.00000585. The van der Waals surface area contributed by atoms with E-state index < -0.39 is 20.2 Å².